The van der Waals surface area contributed by atoms with E-state index < -0.39 is 10.8 Å². The highest BCUT2D eigenvalue weighted by Crippen LogP contribution is 2.22. The molecule has 21 heavy (non-hydrogen) atoms. The average Bonchev–Trinajstić information content (AvgIpc) is 2.44. The molecule has 2 aromatic rings. The summed E-state index contributed by atoms with van der Waals surface area (Å²) in [7, 11) is -1.47. The van der Waals surface area contributed by atoms with Crippen LogP contribution in [0.2, 0.25) is 5.02 Å². The van der Waals surface area contributed by atoms with Crippen molar-refractivity contribution in [1.82, 2.24) is 0 Å². The van der Waals surface area contributed by atoms with E-state index in [1.54, 1.807) is 24.3 Å². The molecular formula is C14H12BrClN2O2S. The van der Waals surface area contributed by atoms with Crippen molar-refractivity contribution in [3.05, 3.63) is 52.0 Å². The second kappa shape index (κ2) is 7.06. The summed E-state index contributed by atoms with van der Waals surface area (Å²) in [6.45, 7) is 0. The molecule has 2 aromatic carbocycles. The number of nitrogens with two attached hydrogens (primary N) is 1. The maximum atomic E-state index is 12.1. The van der Waals surface area contributed by atoms with E-state index in [-0.39, 0.29) is 11.7 Å². The van der Waals surface area contributed by atoms with Gasteiger partial charge in [0.15, 0.2) is 0 Å². The fourth-order valence-corrected chi connectivity index (χ4v) is 3.04. The van der Waals surface area contributed by atoms with Gasteiger partial charge in [-0.1, -0.05) is 27.5 Å². The number of benzene rings is 2. The lowest BCUT2D eigenvalue weighted by atomic mass is 10.3. The van der Waals surface area contributed by atoms with Crippen LogP contribution in [0.25, 0.3) is 0 Å². The molecule has 0 radical (unpaired) electrons. The first-order chi connectivity index (χ1) is 9.95. The number of hydrogen-bond acceptors (Lipinski definition) is 3. The zero-order chi connectivity index (χ0) is 15.4. The van der Waals surface area contributed by atoms with Crippen molar-refractivity contribution in [1.29, 1.82) is 0 Å². The summed E-state index contributed by atoms with van der Waals surface area (Å²) in [6.07, 6.45) is 0. The Morgan fingerprint density at radius 3 is 2.52 bits per heavy atom. The van der Waals surface area contributed by atoms with Crippen LogP contribution in [0.1, 0.15) is 0 Å². The first kappa shape index (κ1) is 16.0. The third-order valence-electron chi connectivity index (χ3n) is 2.62. The topological polar surface area (TPSA) is 72.2 Å². The number of rotatable bonds is 4. The van der Waals surface area contributed by atoms with Gasteiger partial charge < -0.3 is 11.1 Å². The number of nitrogen functional groups attached to an aromatic ring is 1. The predicted molar refractivity (Wildman–Crippen MR) is 89.9 cm³/mol. The van der Waals surface area contributed by atoms with E-state index in [4.69, 9.17) is 17.3 Å². The van der Waals surface area contributed by atoms with Gasteiger partial charge in [-0.15, -0.1) is 0 Å². The Balaban J connectivity index is 2.00. The van der Waals surface area contributed by atoms with Crippen LogP contribution in [-0.4, -0.2) is 15.9 Å². The monoisotopic (exact) mass is 386 g/mol. The molecule has 0 aliphatic rings. The van der Waals surface area contributed by atoms with E-state index >= 15 is 0 Å². The largest absolute Gasteiger partial charge is 0.398 e. The van der Waals surface area contributed by atoms with Crippen LogP contribution >= 0.6 is 27.5 Å². The molecule has 0 aliphatic carbocycles. The number of halogens is 2. The second-order valence-electron chi connectivity index (χ2n) is 4.23. The molecule has 0 heterocycles. The van der Waals surface area contributed by atoms with Crippen LogP contribution in [0.15, 0.2) is 51.8 Å². The van der Waals surface area contributed by atoms with Gasteiger partial charge in [-0.3, -0.25) is 9.00 Å². The molecule has 0 bridgehead atoms. The number of nitrogens with one attached hydrogen (secondary N) is 1. The minimum atomic E-state index is -1.47. The van der Waals surface area contributed by atoms with Crippen LogP contribution in [-0.2, 0) is 15.6 Å². The van der Waals surface area contributed by atoms with E-state index in [1.165, 1.54) is 6.07 Å². The molecule has 0 fully saturated rings. The van der Waals surface area contributed by atoms with Gasteiger partial charge in [0, 0.05) is 15.1 Å². The Bertz CT molecular complexity index is 692. The van der Waals surface area contributed by atoms with Crippen LogP contribution in [0.5, 0.6) is 0 Å². The number of hydrogen-bond donors (Lipinski definition) is 2. The SMILES string of the molecule is Nc1ccc(S(=O)CC(=O)Nc2ccc(Br)cc2)cc1Cl. The quantitative estimate of drug-likeness (QED) is 0.789. The molecule has 1 atom stereocenters. The van der Waals surface area contributed by atoms with Gasteiger partial charge in [-0.25, -0.2) is 0 Å². The molecule has 4 nitrogen and oxygen atoms in total. The van der Waals surface area contributed by atoms with E-state index in [0.717, 1.165) is 4.47 Å². The fraction of sp³-hybridized carbons (Fsp3) is 0.0714. The number of anilines is 2. The van der Waals surface area contributed by atoms with E-state index in [9.17, 15) is 9.00 Å². The zero-order valence-corrected chi connectivity index (χ0v) is 14.0. The van der Waals surface area contributed by atoms with Crippen LogP contribution < -0.4 is 11.1 Å². The summed E-state index contributed by atoms with van der Waals surface area (Å²) >= 11 is 9.19. The normalized spacial score (nSPS) is 11.9. The van der Waals surface area contributed by atoms with Gasteiger partial charge in [-0.2, -0.15) is 0 Å². The summed E-state index contributed by atoms with van der Waals surface area (Å²) in [5.41, 5.74) is 6.65. The van der Waals surface area contributed by atoms with Crippen molar-refractivity contribution < 1.29 is 9.00 Å². The van der Waals surface area contributed by atoms with Crippen molar-refractivity contribution in [2.75, 3.05) is 16.8 Å². The number of amides is 1. The summed E-state index contributed by atoms with van der Waals surface area (Å²) in [4.78, 5) is 12.3. The molecule has 2 rings (SSSR count). The lowest BCUT2D eigenvalue weighted by Gasteiger charge is -2.06. The third-order valence-corrected chi connectivity index (χ3v) is 4.79. The lowest BCUT2D eigenvalue weighted by Crippen LogP contribution is -2.19. The molecule has 0 spiro atoms. The standard InChI is InChI=1S/C14H12BrClN2O2S/c15-9-1-3-10(4-2-9)18-14(19)8-21(20)11-5-6-13(17)12(16)7-11/h1-7H,8,17H2,(H,18,19). The number of carbonyl (C=O) groups is 1. The van der Waals surface area contributed by atoms with Crippen molar-refractivity contribution in [3.8, 4) is 0 Å². The van der Waals surface area contributed by atoms with E-state index in [1.807, 2.05) is 12.1 Å². The summed E-state index contributed by atoms with van der Waals surface area (Å²) in [5.74, 6) is -0.473. The fourth-order valence-electron chi connectivity index (χ4n) is 1.58. The van der Waals surface area contributed by atoms with Crippen LogP contribution in [0.3, 0.4) is 0 Å². The van der Waals surface area contributed by atoms with Crippen LogP contribution in [0, 0.1) is 0 Å². The molecule has 0 saturated carbocycles. The highest BCUT2D eigenvalue weighted by Gasteiger charge is 2.11. The number of carbonyl (C=O) groups excluding carboxylic acids is 1. The molecule has 1 amide bonds. The minimum Gasteiger partial charge on any atom is -0.398 e. The van der Waals surface area contributed by atoms with E-state index in [0.29, 0.717) is 21.3 Å². The van der Waals surface area contributed by atoms with Gasteiger partial charge in [0.05, 0.1) is 21.5 Å². The molecule has 0 saturated heterocycles. The summed E-state index contributed by atoms with van der Waals surface area (Å²) in [5, 5.41) is 3.01. The van der Waals surface area contributed by atoms with Gasteiger partial charge in [-0.05, 0) is 42.5 Å². The average molecular weight is 388 g/mol. The molecule has 3 N–H and O–H groups in total. The smallest absolute Gasteiger partial charge is 0.237 e. The Hall–Kier alpha value is -1.37. The lowest BCUT2D eigenvalue weighted by molar-refractivity contribution is -0.113. The molecular weight excluding hydrogens is 376 g/mol. The Morgan fingerprint density at radius 1 is 1.24 bits per heavy atom. The minimum absolute atomic E-state index is 0.143. The summed E-state index contributed by atoms with van der Waals surface area (Å²) in [6, 6.07) is 11.8. The molecule has 7 heteroatoms. The maximum absolute atomic E-state index is 12.1. The first-order valence-electron chi connectivity index (χ1n) is 5.94. The third kappa shape index (κ3) is 4.56. The molecule has 0 aliphatic heterocycles. The van der Waals surface area contributed by atoms with Crippen LogP contribution in [0.4, 0.5) is 11.4 Å². The van der Waals surface area contributed by atoms with Gasteiger partial charge in [0.1, 0.15) is 5.75 Å². The summed E-state index contributed by atoms with van der Waals surface area (Å²) < 4.78 is 13.0. The zero-order valence-electron chi connectivity index (χ0n) is 10.8. The Kier molecular flexibility index (Phi) is 5.39. The maximum Gasteiger partial charge on any atom is 0.237 e. The molecule has 0 aromatic heterocycles. The van der Waals surface area contributed by atoms with Crippen molar-refractivity contribution in [2.24, 2.45) is 0 Å². The molecule has 110 valence electrons. The molecule has 1 unspecified atom stereocenters. The highest BCUT2D eigenvalue weighted by molar-refractivity contribution is 9.10. The van der Waals surface area contributed by atoms with Crippen molar-refractivity contribution in [2.45, 2.75) is 4.90 Å². The van der Waals surface area contributed by atoms with Gasteiger partial charge >= 0.3 is 0 Å². The Labute approximate surface area is 138 Å². The first-order valence-corrected chi connectivity index (χ1v) is 8.43. The highest BCUT2D eigenvalue weighted by atomic mass is 79.9. The Morgan fingerprint density at radius 2 is 1.90 bits per heavy atom. The van der Waals surface area contributed by atoms with E-state index in [2.05, 4.69) is 21.2 Å². The van der Waals surface area contributed by atoms with Gasteiger partial charge in [0.25, 0.3) is 0 Å². The van der Waals surface area contributed by atoms with Crippen molar-refractivity contribution in [3.63, 3.8) is 0 Å². The van der Waals surface area contributed by atoms with Gasteiger partial charge in [0.2, 0.25) is 5.91 Å². The predicted octanol–water partition coefficient (Wildman–Crippen LogP) is 3.43. The van der Waals surface area contributed by atoms with Crippen molar-refractivity contribution >= 4 is 55.6 Å². The second-order valence-corrected chi connectivity index (χ2v) is 7.00.